The van der Waals surface area contributed by atoms with Crippen LogP contribution in [0.1, 0.15) is 18.7 Å². The van der Waals surface area contributed by atoms with Crippen molar-refractivity contribution in [2.75, 3.05) is 26.9 Å². The molecule has 0 radical (unpaired) electrons. The first-order valence-electron chi connectivity index (χ1n) is 5.50. The van der Waals surface area contributed by atoms with E-state index in [4.69, 9.17) is 15.2 Å². The zero-order valence-corrected chi connectivity index (χ0v) is 9.56. The monoisotopic (exact) mass is 226 g/mol. The Labute approximate surface area is 94.7 Å². The second-order valence-electron chi connectivity index (χ2n) is 4.11. The number of methoxy groups -OCH3 is 1. The van der Waals surface area contributed by atoms with E-state index >= 15 is 0 Å². The van der Waals surface area contributed by atoms with Crippen molar-refractivity contribution in [1.29, 1.82) is 0 Å². The standard InChI is InChI=1S/C10H18N4O2/c1-15-7-4-14-8-12-13-9(14)10(11)2-5-16-6-3-10/h8H,2-7,11H2,1H3. The SMILES string of the molecule is COCCn1cnnc1C1(N)CCOCC1. The third-order valence-electron chi connectivity index (χ3n) is 2.98. The lowest BCUT2D eigenvalue weighted by molar-refractivity contribution is 0.0472. The number of ether oxygens (including phenoxy) is 2. The van der Waals surface area contributed by atoms with Crippen LogP contribution in [0.3, 0.4) is 0 Å². The quantitative estimate of drug-likeness (QED) is 0.775. The lowest BCUT2D eigenvalue weighted by Gasteiger charge is -2.32. The maximum Gasteiger partial charge on any atom is 0.153 e. The molecular weight excluding hydrogens is 208 g/mol. The Morgan fingerprint density at radius 3 is 3.00 bits per heavy atom. The van der Waals surface area contributed by atoms with E-state index < -0.39 is 5.54 Å². The molecule has 1 saturated heterocycles. The first-order valence-corrected chi connectivity index (χ1v) is 5.50. The first-order chi connectivity index (χ1) is 7.76. The molecule has 0 saturated carbocycles. The zero-order chi connectivity index (χ0) is 11.4. The fourth-order valence-corrected chi connectivity index (χ4v) is 1.95. The van der Waals surface area contributed by atoms with Crippen LogP contribution in [-0.4, -0.2) is 41.7 Å². The second-order valence-corrected chi connectivity index (χ2v) is 4.11. The molecule has 1 aliphatic heterocycles. The molecule has 0 spiro atoms. The highest BCUT2D eigenvalue weighted by Crippen LogP contribution is 2.27. The van der Waals surface area contributed by atoms with Crippen LogP contribution in [0.15, 0.2) is 6.33 Å². The van der Waals surface area contributed by atoms with E-state index in [-0.39, 0.29) is 0 Å². The minimum absolute atomic E-state index is 0.400. The molecule has 2 N–H and O–H groups in total. The van der Waals surface area contributed by atoms with Gasteiger partial charge in [0.2, 0.25) is 0 Å². The Kier molecular flexibility index (Phi) is 3.52. The number of hydrogen-bond donors (Lipinski definition) is 1. The molecule has 2 heterocycles. The van der Waals surface area contributed by atoms with E-state index in [0.29, 0.717) is 19.8 Å². The first kappa shape index (κ1) is 11.5. The predicted octanol–water partition coefficient (Wildman–Crippen LogP) is -0.111. The Balaban J connectivity index is 2.15. The summed E-state index contributed by atoms with van der Waals surface area (Å²) in [6, 6.07) is 0. The van der Waals surface area contributed by atoms with Gasteiger partial charge in [-0.1, -0.05) is 0 Å². The molecular formula is C10H18N4O2. The summed E-state index contributed by atoms with van der Waals surface area (Å²) < 4.78 is 12.3. The van der Waals surface area contributed by atoms with Gasteiger partial charge >= 0.3 is 0 Å². The van der Waals surface area contributed by atoms with Crippen LogP contribution in [0, 0.1) is 0 Å². The van der Waals surface area contributed by atoms with Crippen molar-refractivity contribution in [3.63, 3.8) is 0 Å². The van der Waals surface area contributed by atoms with Crippen LogP contribution in [-0.2, 0) is 21.6 Å². The predicted molar refractivity (Wildman–Crippen MR) is 57.8 cm³/mol. The van der Waals surface area contributed by atoms with E-state index in [1.165, 1.54) is 0 Å². The molecule has 1 aromatic heterocycles. The molecule has 90 valence electrons. The van der Waals surface area contributed by atoms with Gasteiger partial charge in [-0.3, -0.25) is 0 Å². The third kappa shape index (κ3) is 2.23. The largest absolute Gasteiger partial charge is 0.383 e. The van der Waals surface area contributed by atoms with Crippen LogP contribution < -0.4 is 5.73 Å². The summed E-state index contributed by atoms with van der Waals surface area (Å²) in [5.41, 5.74) is 5.95. The summed E-state index contributed by atoms with van der Waals surface area (Å²) in [7, 11) is 1.68. The molecule has 0 aliphatic carbocycles. The van der Waals surface area contributed by atoms with Crippen molar-refractivity contribution >= 4 is 0 Å². The molecule has 0 aromatic carbocycles. The average molecular weight is 226 g/mol. The maximum absolute atomic E-state index is 6.35. The zero-order valence-electron chi connectivity index (χ0n) is 9.56. The lowest BCUT2D eigenvalue weighted by Crippen LogP contribution is -2.44. The molecule has 1 aliphatic rings. The van der Waals surface area contributed by atoms with Gasteiger partial charge in [-0.15, -0.1) is 10.2 Å². The van der Waals surface area contributed by atoms with Crippen LogP contribution in [0.2, 0.25) is 0 Å². The van der Waals surface area contributed by atoms with Gasteiger partial charge in [0.15, 0.2) is 5.82 Å². The minimum Gasteiger partial charge on any atom is -0.383 e. The van der Waals surface area contributed by atoms with Gasteiger partial charge in [0, 0.05) is 26.9 Å². The Hall–Kier alpha value is -0.980. The second kappa shape index (κ2) is 4.90. The molecule has 6 heteroatoms. The fourth-order valence-electron chi connectivity index (χ4n) is 1.95. The highest BCUT2D eigenvalue weighted by atomic mass is 16.5. The van der Waals surface area contributed by atoms with E-state index in [0.717, 1.165) is 25.2 Å². The summed E-state index contributed by atoms with van der Waals surface area (Å²) in [6.45, 7) is 2.75. The van der Waals surface area contributed by atoms with Crippen molar-refractivity contribution in [3.05, 3.63) is 12.2 Å². The maximum atomic E-state index is 6.35. The summed E-state index contributed by atoms with van der Waals surface area (Å²) >= 11 is 0. The van der Waals surface area contributed by atoms with Crippen LogP contribution in [0.5, 0.6) is 0 Å². The number of aromatic nitrogens is 3. The molecule has 16 heavy (non-hydrogen) atoms. The lowest BCUT2D eigenvalue weighted by atomic mass is 9.90. The van der Waals surface area contributed by atoms with E-state index in [9.17, 15) is 0 Å². The van der Waals surface area contributed by atoms with Crippen molar-refractivity contribution in [1.82, 2.24) is 14.8 Å². The number of hydrogen-bond acceptors (Lipinski definition) is 5. The van der Waals surface area contributed by atoms with Crippen molar-refractivity contribution < 1.29 is 9.47 Å². The van der Waals surface area contributed by atoms with Gasteiger partial charge in [-0.25, -0.2) is 0 Å². The highest BCUT2D eigenvalue weighted by Gasteiger charge is 2.34. The molecule has 0 atom stereocenters. The van der Waals surface area contributed by atoms with Crippen LogP contribution in [0.25, 0.3) is 0 Å². The summed E-state index contributed by atoms with van der Waals surface area (Å²) in [6.07, 6.45) is 3.29. The van der Waals surface area contributed by atoms with Gasteiger partial charge in [-0.2, -0.15) is 0 Å². The van der Waals surface area contributed by atoms with Gasteiger partial charge in [0.1, 0.15) is 6.33 Å². The van der Waals surface area contributed by atoms with E-state index in [1.54, 1.807) is 13.4 Å². The molecule has 1 aromatic rings. The average Bonchev–Trinajstić information content (AvgIpc) is 2.76. The van der Waals surface area contributed by atoms with Gasteiger partial charge in [0.25, 0.3) is 0 Å². The molecule has 0 bridgehead atoms. The fraction of sp³-hybridized carbons (Fsp3) is 0.800. The van der Waals surface area contributed by atoms with Crippen molar-refractivity contribution in [2.45, 2.75) is 24.9 Å². The molecule has 0 unspecified atom stereocenters. The summed E-state index contributed by atoms with van der Waals surface area (Å²) in [4.78, 5) is 0. The third-order valence-corrected chi connectivity index (χ3v) is 2.98. The summed E-state index contributed by atoms with van der Waals surface area (Å²) in [5.74, 6) is 0.841. The molecule has 1 fully saturated rings. The smallest absolute Gasteiger partial charge is 0.153 e. The van der Waals surface area contributed by atoms with Gasteiger partial charge in [0.05, 0.1) is 12.1 Å². The van der Waals surface area contributed by atoms with Gasteiger partial charge < -0.3 is 19.8 Å². The Morgan fingerprint density at radius 1 is 1.56 bits per heavy atom. The Bertz CT molecular complexity index is 333. The molecule has 2 rings (SSSR count). The van der Waals surface area contributed by atoms with Crippen molar-refractivity contribution in [3.8, 4) is 0 Å². The molecule has 6 nitrogen and oxygen atoms in total. The normalized spacial score (nSPS) is 19.9. The topological polar surface area (TPSA) is 75.2 Å². The summed E-state index contributed by atoms with van der Waals surface area (Å²) in [5, 5.41) is 8.07. The van der Waals surface area contributed by atoms with E-state index in [1.807, 2.05) is 4.57 Å². The van der Waals surface area contributed by atoms with Crippen LogP contribution >= 0.6 is 0 Å². The number of nitrogens with two attached hydrogens (primary N) is 1. The van der Waals surface area contributed by atoms with Gasteiger partial charge in [-0.05, 0) is 12.8 Å². The van der Waals surface area contributed by atoms with E-state index in [2.05, 4.69) is 10.2 Å². The highest BCUT2D eigenvalue weighted by molar-refractivity contribution is 5.06. The Morgan fingerprint density at radius 2 is 2.31 bits per heavy atom. The number of rotatable bonds is 4. The van der Waals surface area contributed by atoms with Crippen LogP contribution in [0.4, 0.5) is 0 Å². The minimum atomic E-state index is -0.400. The number of nitrogens with zero attached hydrogens (tertiary/aromatic N) is 3. The molecule has 0 amide bonds. The van der Waals surface area contributed by atoms with Crippen molar-refractivity contribution in [2.24, 2.45) is 5.73 Å².